The van der Waals surface area contributed by atoms with Gasteiger partial charge in [-0.2, -0.15) is 0 Å². The van der Waals surface area contributed by atoms with Gasteiger partial charge in [0.05, 0.1) is 5.52 Å². The van der Waals surface area contributed by atoms with Crippen LogP contribution in [0.15, 0.2) is 60.8 Å². The molecule has 0 aliphatic carbocycles. The van der Waals surface area contributed by atoms with Crippen LogP contribution >= 0.6 is 0 Å². The van der Waals surface area contributed by atoms with Crippen molar-refractivity contribution in [1.82, 2.24) is 9.58 Å². The monoisotopic (exact) mass is 539 g/mol. The van der Waals surface area contributed by atoms with Crippen LogP contribution in [0.2, 0.25) is 0 Å². The van der Waals surface area contributed by atoms with Gasteiger partial charge in [-0.05, 0) is 63.7 Å². The Morgan fingerprint density at radius 2 is 1.51 bits per heavy atom. The molecule has 3 aromatic rings. The Morgan fingerprint density at radius 1 is 0.923 bits per heavy atom. The lowest BCUT2D eigenvalue weighted by molar-refractivity contribution is -0.641. The molecule has 0 spiro atoms. The van der Waals surface area contributed by atoms with Gasteiger partial charge in [0.1, 0.15) is 17.8 Å². The lowest BCUT2D eigenvalue weighted by Gasteiger charge is -2.25. The highest BCUT2D eigenvalue weighted by molar-refractivity contribution is 5.92. The molecule has 1 heterocycles. The Kier molecular flexibility index (Phi) is 8.63. The minimum Gasteiger partial charge on any atom is -0.459 e. The molecule has 11 heteroatoms. The summed E-state index contributed by atoms with van der Waals surface area (Å²) in [4.78, 5) is 51.3. The zero-order valence-electron chi connectivity index (χ0n) is 22.9. The maximum atomic E-state index is 13.3. The van der Waals surface area contributed by atoms with Crippen molar-refractivity contribution in [3.63, 3.8) is 0 Å². The van der Waals surface area contributed by atoms with E-state index in [2.05, 4.69) is 0 Å². The van der Waals surface area contributed by atoms with Crippen molar-refractivity contribution in [2.45, 2.75) is 71.8 Å². The number of nitro groups is 1. The van der Waals surface area contributed by atoms with Crippen LogP contribution in [0.25, 0.3) is 10.9 Å². The van der Waals surface area contributed by atoms with Crippen molar-refractivity contribution >= 4 is 29.1 Å². The average Bonchev–Trinajstić information content (AvgIpc) is 3.19. The molecule has 0 bridgehead atoms. The molecule has 3 rings (SSSR count). The van der Waals surface area contributed by atoms with Crippen molar-refractivity contribution in [2.24, 2.45) is 0 Å². The SMILES string of the molecule is CC(C)(C)OC(=O)N([C@H](Cc1cn(C(=O)OC(C)(C)C)c2ccccc12)C(=O)OCc1ccccc1)[N+](=O)[O-]. The summed E-state index contributed by atoms with van der Waals surface area (Å²) in [6.07, 6.45) is -0.857. The minimum absolute atomic E-state index is 0.137. The number of aromatic nitrogens is 1. The molecule has 0 saturated heterocycles. The van der Waals surface area contributed by atoms with Gasteiger partial charge in [0.15, 0.2) is 5.03 Å². The van der Waals surface area contributed by atoms with Crippen LogP contribution in [0, 0.1) is 10.1 Å². The van der Waals surface area contributed by atoms with E-state index < -0.39 is 40.4 Å². The molecule has 11 nitrogen and oxygen atoms in total. The fraction of sp³-hybridized carbons (Fsp3) is 0.393. The third-order valence-corrected chi connectivity index (χ3v) is 5.35. The van der Waals surface area contributed by atoms with E-state index in [0.717, 1.165) is 0 Å². The second-order valence-electron chi connectivity index (χ2n) is 10.9. The second-order valence-corrected chi connectivity index (χ2v) is 10.9. The molecule has 39 heavy (non-hydrogen) atoms. The maximum Gasteiger partial charge on any atom is 0.469 e. The van der Waals surface area contributed by atoms with Crippen molar-refractivity contribution in [1.29, 1.82) is 0 Å². The first kappa shape index (κ1) is 29.2. The van der Waals surface area contributed by atoms with Gasteiger partial charge >= 0.3 is 18.2 Å². The van der Waals surface area contributed by atoms with E-state index in [4.69, 9.17) is 14.2 Å². The molecule has 0 aliphatic rings. The van der Waals surface area contributed by atoms with Crippen LogP contribution < -0.4 is 0 Å². The molecule has 2 aromatic carbocycles. The number of carbonyl (C=O) groups is 3. The Labute approximate surface area is 226 Å². The number of fused-ring (bicyclic) bond motifs is 1. The summed E-state index contributed by atoms with van der Waals surface area (Å²) in [5.41, 5.74) is -0.296. The molecule has 1 aromatic heterocycles. The fourth-order valence-electron chi connectivity index (χ4n) is 3.79. The number of hydrazine groups is 1. The van der Waals surface area contributed by atoms with Gasteiger partial charge in [0, 0.05) is 18.0 Å². The zero-order valence-corrected chi connectivity index (χ0v) is 22.9. The van der Waals surface area contributed by atoms with Crippen molar-refractivity contribution < 1.29 is 33.6 Å². The summed E-state index contributed by atoms with van der Waals surface area (Å²) in [6, 6.07) is 13.9. The third kappa shape index (κ3) is 7.79. The number of ether oxygens (including phenoxy) is 3. The van der Waals surface area contributed by atoms with Gasteiger partial charge in [-0.1, -0.05) is 48.5 Å². The summed E-state index contributed by atoms with van der Waals surface area (Å²) < 4.78 is 17.4. The smallest absolute Gasteiger partial charge is 0.459 e. The lowest BCUT2D eigenvalue weighted by atomic mass is 10.0. The van der Waals surface area contributed by atoms with Crippen molar-refractivity contribution in [3.8, 4) is 0 Å². The van der Waals surface area contributed by atoms with Crippen LogP contribution in [0.3, 0.4) is 0 Å². The van der Waals surface area contributed by atoms with E-state index in [1.165, 1.54) is 10.8 Å². The highest BCUT2D eigenvalue weighted by atomic mass is 16.7. The van der Waals surface area contributed by atoms with Crippen LogP contribution in [-0.4, -0.2) is 50.0 Å². The fourth-order valence-corrected chi connectivity index (χ4v) is 3.79. The van der Waals surface area contributed by atoms with Gasteiger partial charge in [-0.3, -0.25) is 4.57 Å². The number of carbonyl (C=O) groups excluding carboxylic acids is 3. The summed E-state index contributed by atoms with van der Waals surface area (Å²) in [6.45, 7) is 9.69. The van der Waals surface area contributed by atoms with E-state index in [1.807, 2.05) is 0 Å². The Bertz CT molecular complexity index is 1350. The van der Waals surface area contributed by atoms with E-state index >= 15 is 0 Å². The van der Waals surface area contributed by atoms with Crippen LogP contribution in [-0.2, 0) is 32.0 Å². The molecular weight excluding hydrogens is 506 g/mol. The first-order valence-corrected chi connectivity index (χ1v) is 12.4. The lowest BCUT2D eigenvalue weighted by Crippen LogP contribution is -2.51. The number of hydrogen-bond donors (Lipinski definition) is 0. The molecule has 1 amide bonds. The number of hydrogen-bond acceptors (Lipinski definition) is 8. The molecular formula is C28H33N3O8. The van der Waals surface area contributed by atoms with Gasteiger partial charge < -0.3 is 14.2 Å². The highest BCUT2D eigenvalue weighted by Gasteiger charge is 2.43. The summed E-state index contributed by atoms with van der Waals surface area (Å²) in [7, 11) is 0. The van der Waals surface area contributed by atoms with E-state index in [9.17, 15) is 24.5 Å². The normalized spacial score (nSPS) is 12.5. The molecule has 0 radical (unpaired) electrons. The standard InChI is InChI=1S/C28H33N3O8/c1-27(2,3)38-25(33)29-17-20(21-14-10-11-15-22(21)29)16-23(24(32)37-18-19-12-8-7-9-13-19)30(31(35)36)26(34)39-28(4,5)6/h7-15,17,23H,16,18H2,1-6H3/t23-/m1/s1. The molecule has 1 atom stereocenters. The number of amides is 1. The zero-order chi connectivity index (χ0) is 29.0. The Hall–Kier alpha value is -4.41. The Balaban J connectivity index is 2.03. The molecule has 0 N–H and O–H groups in total. The molecule has 208 valence electrons. The predicted molar refractivity (Wildman–Crippen MR) is 142 cm³/mol. The van der Waals surface area contributed by atoms with E-state index in [-0.39, 0.29) is 18.0 Å². The number of benzene rings is 2. The van der Waals surface area contributed by atoms with Crippen LogP contribution in [0.4, 0.5) is 9.59 Å². The third-order valence-electron chi connectivity index (χ3n) is 5.35. The number of rotatable bonds is 7. The second kappa shape index (κ2) is 11.5. The van der Waals surface area contributed by atoms with Crippen LogP contribution in [0.5, 0.6) is 0 Å². The van der Waals surface area contributed by atoms with Gasteiger partial charge in [0.25, 0.3) is 0 Å². The quantitative estimate of drug-likeness (QED) is 0.166. The Morgan fingerprint density at radius 3 is 2.10 bits per heavy atom. The predicted octanol–water partition coefficient (Wildman–Crippen LogP) is 5.51. The minimum atomic E-state index is -1.70. The molecule has 0 unspecified atom stereocenters. The largest absolute Gasteiger partial charge is 0.469 e. The van der Waals surface area contributed by atoms with Crippen molar-refractivity contribution in [3.05, 3.63) is 82.0 Å². The number of esters is 1. The summed E-state index contributed by atoms with van der Waals surface area (Å²) in [5.74, 6) is -1.00. The summed E-state index contributed by atoms with van der Waals surface area (Å²) in [5, 5.41) is 11.8. The number of nitrogens with zero attached hydrogens (tertiary/aromatic N) is 3. The van der Waals surface area contributed by atoms with Crippen molar-refractivity contribution in [2.75, 3.05) is 0 Å². The average molecular weight is 540 g/mol. The molecule has 0 saturated carbocycles. The molecule has 0 fully saturated rings. The highest BCUT2D eigenvalue weighted by Crippen LogP contribution is 2.26. The van der Waals surface area contributed by atoms with Gasteiger partial charge in [-0.25, -0.2) is 24.5 Å². The van der Waals surface area contributed by atoms with E-state index in [1.54, 1.807) is 96.1 Å². The topological polar surface area (TPSA) is 130 Å². The van der Waals surface area contributed by atoms with Gasteiger partial charge in [-0.15, -0.1) is 0 Å². The summed E-state index contributed by atoms with van der Waals surface area (Å²) >= 11 is 0. The molecule has 0 aliphatic heterocycles. The first-order valence-electron chi connectivity index (χ1n) is 12.4. The maximum absolute atomic E-state index is 13.3. The van der Waals surface area contributed by atoms with Gasteiger partial charge in [0.2, 0.25) is 6.04 Å². The first-order chi connectivity index (χ1) is 18.2. The van der Waals surface area contributed by atoms with Crippen LogP contribution in [0.1, 0.15) is 52.7 Å². The number of para-hydroxylation sites is 1. The van der Waals surface area contributed by atoms with E-state index in [0.29, 0.717) is 22.0 Å².